The Morgan fingerprint density at radius 1 is 1.44 bits per heavy atom. The molecular weight excluding hydrogens is 273 g/mol. The van der Waals surface area contributed by atoms with Crippen LogP contribution in [0.15, 0.2) is 23.1 Å². The van der Waals surface area contributed by atoms with E-state index in [1.54, 1.807) is 0 Å². The summed E-state index contributed by atoms with van der Waals surface area (Å²) >= 11 is 11.5. The second-order valence-corrected chi connectivity index (χ2v) is 5.72. The molecule has 0 aliphatic rings. The highest BCUT2D eigenvalue weighted by atomic mass is 35.5. The number of sulfonamides is 1. The summed E-state index contributed by atoms with van der Waals surface area (Å²) in [5.74, 6) is 0. The Morgan fingerprint density at radius 2 is 2.06 bits per heavy atom. The first-order chi connectivity index (χ1) is 7.38. The van der Waals surface area contributed by atoms with Crippen molar-refractivity contribution < 1.29 is 13.5 Å². The average molecular weight is 284 g/mol. The maximum atomic E-state index is 11.8. The van der Waals surface area contributed by atoms with Crippen molar-refractivity contribution in [1.82, 2.24) is 4.72 Å². The number of rotatable bonds is 4. The van der Waals surface area contributed by atoms with E-state index in [4.69, 9.17) is 28.3 Å². The Hall–Kier alpha value is -0.330. The average Bonchev–Trinajstić information content (AvgIpc) is 2.21. The van der Waals surface area contributed by atoms with Crippen molar-refractivity contribution in [2.75, 3.05) is 6.61 Å². The second kappa shape index (κ2) is 5.33. The summed E-state index contributed by atoms with van der Waals surface area (Å²) in [7, 11) is -3.75. The molecule has 0 saturated carbocycles. The van der Waals surface area contributed by atoms with Crippen LogP contribution in [0.25, 0.3) is 0 Å². The summed E-state index contributed by atoms with van der Waals surface area (Å²) in [6, 6.07) is 3.76. The van der Waals surface area contributed by atoms with E-state index in [0.717, 1.165) is 0 Å². The van der Waals surface area contributed by atoms with E-state index in [1.807, 2.05) is 0 Å². The number of aliphatic hydroxyl groups is 1. The molecule has 16 heavy (non-hydrogen) atoms. The molecule has 0 bridgehead atoms. The largest absolute Gasteiger partial charge is 0.395 e. The van der Waals surface area contributed by atoms with Gasteiger partial charge in [-0.1, -0.05) is 29.3 Å². The zero-order valence-corrected chi connectivity index (χ0v) is 10.8. The van der Waals surface area contributed by atoms with Gasteiger partial charge in [0.1, 0.15) is 4.90 Å². The molecule has 1 aromatic carbocycles. The maximum Gasteiger partial charge on any atom is 0.242 e. The fourth-order valence-electron chi connectivity index (χ4n) is 1.06. The van der Waals surface area contributed by atoms with Crippen LogP contribution >= 0.6 is 23.2 Å². The molecular formula is C9H11Cl2NO3S. The van der Waals surface area contributed by atoms with E-state index < -0.39 is 16.1 Å². The molecule has 7 heteroatoms. The van der Waals surface area contributed by atoms with E-state index in [2.05, 4.69) is 4.72 Å². The van der Waals surface area contributed by atoms with Crippen LogP contribution in [-0.4, -0.2) is 26.2 Å². The molecule has 0 unspecified atom stereocenters. The molecule has 0 aromatic heterocycles. The molecule has 0 radical (unpaired) electrons. The molecule has 4 nitrogen and oxygen atoms in total. The van der Waals surface area contributed by atoms with E-state index in [-0.39, 0.29) is 21.5 Å². The minimum atomic E-state index is -3.75. The van der Waals surface area contributed by atoms with Gasteiger partial charge < -0.3 is 5.11 Å². The fourth-order valence-corrected chi connectivity index (χ4v) is 3.05. The molecule has 0 fully saturated rings. The van der Waals surface area contributed by atoms with Crippen LogP contribution in [0.2, 0.25) is 10.0 Å². The highest BCUT2D eigenvalue weighted by molar-refractivity contribution is 7.89. The van der Waals surface area contributed by atoms with Crippen LogP contribution in [0.3, 0.4) is 0 Å². The van der Waals surface area contributed by atoms with Gasteiger partial charge in [-0.3, -0.25) is 0 Å². The molecule has 0 saturated heterocycles. The Balaban J connectivity index is 3.13. The van der Waals surface area contributed by atoms with E-state index in [1.165, 1.54) is 25.1 Å². The Bertz CT molecular complexity index is 476. The molecule has 2 N–H and O–H groups in total. The normalized spacial score (nSPS) is 13.8. The Kier molecular flexibility index (Phi) is 4.58. The number of nitrogens with one attached hydrogen (secondary N) is 1. The smallest absolute Gasteiger partial charge is 0.242 e. The van der Waals surface area contributed by atoms with Gasteiger partial charge in [-0.15, -0.1) is 0 Å². The standard InChI is InChI=1S/C9H11Cl2NO3S/c1-6(5-13)12-16(14,15)8-4-2-3-7(10)9(8)11/h2-4,6,12-13H,5H2,1H3/t6-/m1/s1. The minimum Gasteiger partial charge on any atom is -0.395 e. The molecule has 1 atom stereocenters. The quantitative estimate of drug-likeness (QED) is 0.883. The van der Waals surface area contributed by atoms with Crippen molar-refractivity contribution in [3.63, 3.8) is 0 Å². The van der Waals surface area contributed by atoms with Crippen molar-refractivity contribution in [2.45, 2.75) is 17.9 Å². The van der Waals surface area contributed by atoms with Gasteiger partial charge in [0, 0.05) is 6.04 Å². The highest BCUT2D eigenvalue weighted by Gasteiger charge is 2.21. The first-order valence-electron chi connectivity index (χ1n) is 4.45. The molecule has 0 aliphatic carbocycles. The van der Waals surface area contributed by atoms with Crippen LogP contribution in [0.5, 0.6) is 0 Å². The molecule has 90 valence electrons. The van der Waals surface area contributed by atoms with Gasteiger partial charge in [-0.2, -0.15) is 0 Å². The predicted octanol–water partition coefficient (Wildman–Crippen LogP) is 1.65. The van der Waals surface area contributed by atoms with Crippen molar-refractivity contribution in [2.24, 2.45) is 0 Å². The number of aliphatic hydroxyl groups excluding tert-OH is 1. The van der Waals surface area contributed by atoms with Gasteiger partial charge in [0.05, 0.1) is 16.7 Å². The summed E-state index contributed by atoms with van der Waals surface area (Å²) in [5, 5.41) is 8.92. The third kappa shape index (κ3) is 3.09. The molecule has 0 heterocycles. The van der Waals surface area contributed by atoms with Crippen LogP contribution in [0.1, 0.15) is 6.92 Å². The number of hydrogen-bond donors (Lipinski definition) is 2. The first kappa shape index (κ1) is 13.7. The van der Waals surface area contributed by atoms with Crippen LogP contribution in [0, 0.1) is 0 Å². The minimum absolute atomic E-state index is 0.0261. The summed E-state index contributed by atoms with van der Waals surface area (Å²) in [4.78, 5) is -0.0954. The summed E-state index contributed by atoms with van der Waals surface area (Å²) in [6.45, 7) is 1.24. The van der Waals surface area contributed by atoms with Gasteiger partial charge >= 0.3 is 0 Å². The fraction of sp³-hybridized carbons (Fsp3) is 0.333. The van der Waals surface area contributed by atoms with Crippen molar-refractivity contribution in [3.8, 4) is 0 Å². The zero-order chi connectivity index (χ0) is 12.3. The van der Waals surface area contributed by atoms with E-state index >= 15 is 0 Å². The lowest BCUT2D eigenvalue weighted by atomic mass is 10.4. The number of benzene rings is 1. The van der Waals surface area contributed by atoms with Crippen molar-refractivity contribution in [3.05, 3.63) is 28.2 Å². The number of hydrogen-bond acceptors (Lipinski definition) is 3. The third-order valence-corrected chi connectivity index (χ3v) is 4.40. The van der Waals surface area contributed by atoms with Gasteiger partial charge in [-0.05, 0) is 19.1 Å². The molecule has 1 rings (SSSR count). The van der Waals surface area contributed by atoms with Gasteiger partial charge in [0.15, 0.2) is 0 Å². The number of halogens is 2. The molecule has 1 aromatic rings. The molecule has 0 spiro atoms. The molecule has 0 amide bonds. The maximum absolute atomic E-state index is 11.8. The van der Waals surface area contributed by atoms with Crippen LogP contribution < -0.4 is 4.72 Å². The summed E-state index contributed by atoms with van der Waals surface area (Å²) in [5.41, 5.74) is 0. The topological polar surface area (TPSA) is 66.4 Å². The van der Waals surface area contributed by atoms with Crippen molar-refractivity contribution in [1.29, 1.82) is 0 Å². The second-order valence-electron chi connectivity index (χ2n) is 3.26. The van der Waals surface area contributed by atoms with Gasteiger partial charge in [0.25, 0.3) is 0 Å². The van der Waals surface area contributed by atoms with E-state index in [0.29, 0.717) is 0 Å². The Morgan fingerprint density at radius 3 is 2.62 bits per heavy atom. The molecule has 0 aliphatic heterocycles. The van der Waals surface area contributed by atoms with Gasteiger partial charge in [-0.25, -0.2) is 13.1 Å². The van der Waals surface area contributed by atoms with E-state index in [9.17, 15) is 8.42 Å². The SMILES string of the molecule is C[C@H](CO)NS(=O)(=O)c1cccc(Cl)c1Cl. The predicted molar refractivity (Wildman–Crippen MR) is 63.3 cm³/mol. The van der Waals surface area contributed by atoms with Crippen molar-refractivity contribution >= 4 is 33.2 Å². The van der Waals surface area contributed by atoms with Gasteiger partial charge in [0.2, 0.25) is 10.0 Å². The van der Waals surface area contributed by atoms with Crippen LogP contribution in [0.4, 0.5) is 0 Å². The monoisotopic (exact) mass is 283 g/mol. The summed E-state index contributed by atoms with van der Waals surface area (Å²) < 4.78 is 25.9. The lowest BCUT2D eigenvalue weighted by Crippen LogP contribution is -2.35. The summed E-state index contributed by atoms with van der Waals surface area (Å²) in [6.07, 6.45) is 0. The van der Waals surface area contributed by atoms with Crippen LogP contribution in [-0.2, 0) is 10.0 Å². The Labute approximate surface area is 104 Å². The lowest BCUT2D eigenvalue weighted by molar-refractivity contribution is 0.265. The first-order valence-corrected chi connectivity index (χ1v) is 6.69. The third-order valence-electron chi connectivity index (χ3n) is 1.84. The lowest BCUT2D eigenvalue weighted by Gasteiger charge is -2.12. The zero-order valence-electron chi connectivity index (χ0n) is 8.44. The highest BCUT2D eigenvalue weighted by Crippen LogP contribution is 2.28.